The Morgan fingerprint density at radius 2 is 2.25 bits per heavy atom. The fourth-order valence-corrected chi connectivity index (χ4v) is 4.57. The van der Waals surface area contributed by atoms with E-state index in [1.807, 2.05) is 6.92 Å². The minimum absolute atomic E-state index is 0.0638. The average Bonchev–Trinajstić information content (AvgIpc) is 2.89. The fourth-order valence-electron chi connectivity index (χ4n) is 2.12. The number of nitrogen functional groups attached to an aromatic ring is 1. The van der Waals surface area contributed by atoms with E-state index in [0.717, 1.165) is 5.69 Å². The first-order valence-electron chi connectivity index (χ1n) is 6.07. The van der Waals surface area contributed by atoms with Gasteiger partial charge < -0.3 is 5.73 Å². The number of carbonyl (C=O) groups excluding carboxylic acids is 1. The second kappa shape index (κ2) is 5.49. The molecule has 1 amide bonds. The van der Waals surface area contributed by atoms with Crippen LogP contribution in [0.1, 0.15) is 24.6 Å². The third-order valence-electron chi connectivity index (χ3n) is 3.19. The standard InChI is InChI=1S/C11H16N4O3S2/c1-6(9-7(2)15-19-10(9)12)13-14-11(16)8-3-4-20(17,18)5-8/h8H,3-5,12H2,1-2H3,(H,14,16)/b13-6-/t8-/m0/s1. The summed E-state index contributed by atoms with van der Waals surface area (Å²) in [6, 6.07) is 0. The van der Waals surface area contributed by atoms with Crippen molar-refractivity contribution in [2.45, 2.75) is 20.3 Å². The normalized spacial score (nSPS) is 21.9. The number of nitrogens with one attached hydrogen (secondary N) is 1. The van der Waals surface area contributed by atoms with Crippen molar-refractivity contribution < 1.29 is 13.2 Å². The molecule has 2 rings (SSSR count). The molecule has 1 aliphatic rings. The van der Waals surface area contributed by atoms with Crippen molar-refractivity contribution in [3.8, 4) is 0 Å². The monoisotopic (exact) mass is 316 g/mol. The van der Waals surface area contributed by atoms with Gasteiger partial charge in [0.25, 0.3) is 0 Å². The number of nitrogens with two attached hydrogens (primary N) is 1. The average molecular weight is 316 g/mol. The Hall–Kier alpha value is -1.48. The molecule has 7 nitrogen and oxygen atoms in total. The van der Waals surface area contributed by atoms with Crippen LogP contribution < -0.4 is 11.2 Å². The number of aryl methyl sites for hydroxylation is 1. The van der Waals surface area contributed by atoms with Crippen molar-refractivity contribution in [3.05, 3.63) is 11.3 Å². The van der Waals surface area contributed by atoms with E-state index in [1.165, 1.54) is 11.5 Å². The first-order chi connectivity index (χ1) is 9.30. The summed E-state index contributed by atoms with van der Waals surface area (Å²) < 4.78 is 26.7. The maximum atomic E-state index is 11.9. The zero-order valence-corrected chi connectivity index (χ0v) is 12.8. The number of hydrogen-bond acceptors (Lipinski definition) is 7. The Morgan fingerprint density at radius 1 is 1.55 bits per heavy atom. The molecule has 3 N–H and O–H groups in total. The number of hydrazone groups is 1. The molecule has 0 aliphatic carbocycles. The molecule has 0 saturated carbocycles. The first-order valence-corrected chi connectivity index (χ1v) is 8.66. The Labute approximate surface area is 121 Å². The molecule has 1 saturated heterocycles. The molecule has 1 aromatic heterocycles. The van der Waals surface area contributed by atoms with E-state index in [-0.39, 0.29) is 17.4 Å². The molecule has 0 aromatic carbocycles. The molecule has 0 unspecified atom stereocenters. The second-order valence-electron chi connectivity index (χ2n) is 4.78. The van der Waals surface area contributed by atoms with Crippen LogP contribution in [-0.2, 0) is 14.6 Å². The molecule has 0 radical (unpaired) electrons. The summed E-state index contributed by atoms with van der Waals surface area (Å²) in [4.78, 5) is 11.9. The SMILES string of the molecule is C/C(=N/NC(=O)[C@H]1CCS(=O)(=O)C1)c1c(C)nsc1N. The number of amides is 1. The Morgan fingerprint density at radius 3 is 2.75 bits per heavy atom. The van der Waals surface area contributed by atoms with Crippen molar-refractivity contribution in [2.24, 2.45) is 11.0 Å². The van der Waals surface area contributed by atoms with Gasteiger partial charge in [-0.2, -0.15) is 9.47 Å². The molecule has 2 heterocycles. The lowest BCUT2D eigenvalue weighted by Crippen LogP contribution is -2.28. The van der Waals surface area contributed by atoms with E-state index in [0.29, 0.717) is 22.7 Å². The number of hydrogen-bond donors (Lipinski definition) is 2. The summed E-state index contributed by atoms with van der Waals surface area (Å²) in [6.07, 6.45) is 0.351. The van der Waals surface area contributed by atoms with Gasteiger partial charge in [0, 0.05) is 0 Å². The Kier molecular flexibility index (Phi) is 4.09. The number of aromatic nitrogens is 1. The van der Waals surface area contributed by atoms with Gasteiger partial charge in [0.05, 0.1) is 34.4 Å². The molecule has 0 bridgehead atoms. The molecule has 9 heteroatoms. The van der Waals surface area contributed by atoms with Crippen LogP contribution in [0.3, 0.4) is 0 Å². The van der Waals surface area contributed by atoms with Gasteiger partial charge in [-0.3, -0.25) is 4.79 Å². The highest BCUT2D eigenvalue weighted by atomic mass is 32.2. The second-order valence-corrected chi connectivity index (χ2v) is 7.81. The Bertz CT molecular complexity index is 644. The molecule has 0 spiro atoms. The van der Waals surface area contributed by atoms with Gasteiger partial charge in [0.2, 0.25) is 5.91 Å². The van der Waals surface area contributed by atoms with Crippen molar-refractivity contribution in [1.29, 1.82) is 0 Å². The van der Waals surface area contributed by atoms with E-state index in [1.54, 1.807) is 6.92 Å². The topological polar surface area (TPSA) is 115 Å². The highest BCUT2D eigenvalue weighted by Crippen LogP contribution is 2.21. The molecule has 1 aromatic rings. The van der Waals surface area contributed by atoms with E-state index >= 15 is 0 Å². The molecule has 110 valence electrons. The van der Waals surface area contributed by atoms with E-state index in [2.05, 4.69) is 14.9 Å². The predicted octanol–water partition coefficient (Wildman–Crippen LogP) is 0.309. The van der Waals surface area contributed by atoms with Crippen LogP contribution >= 0.6 is 11.5 Å². The first kappa shape index (κ1) is 14.9. The lowest BCUT2D eigenvalue weighted by molar-refractivity contribution is -0.124. The quantitative estimate of drug-likeness (QED) is 0.615. The smallest absolute Gasteiger partial charge is 0.244 e. The summed E-state index contributed by atoms with van der Waals surface area (Å²) in [6.45, 7) is 3.53. The maximum Gasteiger partial charge on any atom is 0.244 e. The molecule has 1 aliphatic heterocycles. The summed E-state index contributed by atoms with van der Waals surface area (Å²) in [5.41, 5.74) is 10.2. The van der Waals surface area contributed by atoms with Crippen LogP contribution in [0.5, 0.6) is 0 Å². The number of nitrogens with zero attached hydrogens (tertiary/aromatic N) is 2. The van der Waals surface area contributed by atoms with Gasteiger partial charge in [0.1, 0.15) is 5.00 Å². The van der Waals surface area contributed by atoms with Crippen LogP contribution in [-0.4, -0.2) is 35.9 Å². The number of rotatable bonds is 3. The lowest BCUT2D eigenvalue weighted by Gasteiger charge is -2.06. The van der Waals surface area contributed by atoms with Gasteiger partial charge in [0.15, 0.2) is 9.84 Å². The Balaban J connectivity index is 2.04. The highest BCUT2D eigenvalue weighted by Gasteiger charge is 2.32. The van der Waals surface area contributed by atoms with Gasteiger partial charge in [-0.05, 0) is 31.8 Å². The van der Waals surface area contributed by atoms with Crippen LogP contribution in [0.15, 0.2) is 5.10 Å². The number of carbonyl (C=O) groups is 1. The van der Waals surface area contributed by atoms with Crippen molar-refractivity contribution >= 4 is 38.0 Å². The molecular weight excluding hydrogens is 300 g/mol. The van der Waals surface area contributed by atoms with Crippen molar-refractivity contribution in [2.75, 3.05) is 17.2 Å². The third-order valence-corrected chi connectivity index (χ3v) is 5.72. The van der Waals surface area contributed by atoms with Gasteiger partial charge in [-0.1, -0.05) is 0 Å². The largest absolute Gasteiger partial charge is 0.389 e. The van der Waals surface area contributed by atoms with Crippen molar-refractivity contribution in [3.63, 3.8) is 0 Å². The van der Waals surface area contributed by atoms with E-state index < -0.39 is 15.8 Å². The lowest BCUT2D eigenvalue weighted by atomic mass is 10.1. The number of anilines is 1. The molecule has 1 fully saturated rings. The minimum Gasteiger partial charge on any atom is -0.389 e. The van der Waals surface area contributed by atoms with Crippen LogP contribution in [0, 0.1) is 12.8 Å². The fraction of sp³-hybridized carbons (Fsp3) is 0.545. The minimum atomic E-state index is -3.07. The molecule has 20 heavy (non-hydrogen) atoms. The van der Waals surface area contributed by atoms with E-state index in [9.17, 15) is 13.2 Å². The van der Waals surface area contributed by atoms with Crippen LogP contribution in [0.4, 0.5) is 5.00 Å². The van der Waals surface area contributed by atoms with Crippen LogP contribution in [0.2, 0.25) is 0 Å². The van der Waals surface area contributed by atoms with Crippen molar-refractivity contribution in [1.82, 2.24) is 9.80 Å². The molecule has 1 atom stereocenters. The number of sulfone groups is 1. The summed E-state index contributed by atoms with van der Waals surface area (Å²) in [5.74, 6) is -0.927. The van der Waals surface area contributed by atoms with Gasteiger partial charge in [-0.15, -0.1) is 0 Å². The zero-order valence-electron chi connectivity index (χ0n) is 11.2. The maximum absolute atomic E-state index is 11.9. The zero-order chi connectivity index (χ0) is 14.9. The van der Waals surface area contributed by atoms with Crippen LogP contribution in [0.25, 0.3) is 0 Å². The van der Waals surface area contributed by atoms with E-state index in [4.69, 9.17) is 5.73 Å². The highest BCUT2D eigenvalue weighted by molar-refractivity contribution is 7.91. The summed E-state index contributed by atoms with van der Waals surface area (Å²) in [5, 5.41) is 4.53. The predicted molar refractivity (Wildman–Crippen MR) is 78.4 cm³/mol. The molecular formula is C11H16N4O3S2. The van der Waals surface area contributed by atoms with Gasteiger partial charge in [-0.25, -0.2) is 13.8 Å². The summed E-state index contributed by atoms with van der Waals surface area (Å²) in [7, 11) is -3.07. The third kappa shape index (κ3) is 3.15. The summed E-state index contributed by atoms with van der Waals surface area (Å²) >= 11 is 1.17. The van der Waals surface area contributed by atoms with Gasteiger partial charge >= 0.3 is 0 Å².